The highest BCUT2D eigenvalue weighted by atomic mass is 16.3. The van der Waals surface area contributed by atoms with Gasteiger partial charge in [0.15, 0.2) is 5.76 Å². The summed E-state index contributed by atoms with van der Waals surface area (Å²) in [5.74, 6) is -0.907. The van der Waals surface area contributed by atoms with Crippen LogP contribution in [-0.4, -0.2) is 23.8 Å². The fraction of sp³-hybridized carbons (Fsp3) is 0.278. The number of anilines is 2. The zero-order chi connectivity index (χ0) is 18.4. The van der Waals surface area contributed by atoms with Crippen molar-refractivity contribution in [3.05, 3.63) is 48.4 Å². The van der Waals surface area contributed by atoms with Crippen LogP contribution >= 0.6 is 0 Å². The standard InChI is InChI=1S/C18H21N3O4/c1-11(2)16(21-17(23)15-5-4-10-25-15)18(24)20-14-8-6-13(7-9-14)19-12(3)22/h4-11,16H,1-3H3,(H,19,22)(H,20,24)(H,21,23)/t16-/m1/s1. The van der Waals surface area contributed by atoms with Crippen molar-refractivity contribution in [2.75, 3.05) is 10.6 Å². The van der Waals surface area contributed by atoms with Crippen LogP contribution in [-0.2, 0) is 9.59 Å². The molecule has 0 spiro atoms. The number of nitrogens with one attached hydrogen (secondary N) is 3. The summed E-state index contributed by atoms with van der Waals surface area (Å²) in [5.41, 5.74) is 1.20. The van der Waals surface area contributed by atoms with Gasteiger partial charge in [0.05, 0.1) is 6.26 Å². The summed E-state index contributed by atoms with van der Waals surface area (Å²) in [5, 5.41) is 8.08. The smallest absolute Gasteiger partial charge is 0.287 e. The minimum Gasteiger partial charge on any atom is -0.459 e. The lowest BCUT2D eigenvalue weighted by atomic mass is 10.0. The third kappa shape index (κ3) is 5.20. The molecule has 7 heteroatoms. The lowest BCUT2D eigenvalue weighted by Crippen LogP contribution is -2.47. The lowest BCUT2D eigenvalue weighted by molar-refractivity contribution is -0.119. The van der Waals surface area contributed by atoms with E-state index in [1.165, 1.54) is 19.3 Å². The molecule has 0 saturated heterocycles. The summed E-state index contributed by atoms with van der Waals surface area (Å²) >= 11 is 0. The summed E-state index contributed by atoms with van der Waals surface area (Å²) in [6.07, 6.45) is 1.40. The normalized spacial score (nSPS) is 11.7. The Kier molecular flexibility index (Phi) is 5.94. The molecule has 0 aliphatic carbocycles. The number of furan rings is 1. The number of hydrogen-bond donors (Lipinski definition) is 3. The number of hydrogen-bond acceptors (Lipinski definition) is 4. The zero-order valence-electron chi connectivity index (χ0n) is 14.3. The van der Waals surface area contributed by atoms with E-state index in [1.807, 2.05) is 13.8 Å². The Hall–Kier alpha value is -3.09. The highest BCUT2D eigenvalue weighted by Crippen LogP contribution is 2.15. The van der Waals surface area contributed by atoms with Crippen LogP contribution < -0.4 is 16.0 Å². The van der Waals surface area contributed by atoms with Gasteiger partial charge in [-0.3, -0.25) is 14.4 Å². The highest BCUT2D eigenvalue weighted by Gasteiger charge is 2.25. The molecule has 1 aromatic carbocycles. The zero-order valence-corrected chi connectivity index (χ0v) is 14.3. The van der Waals surface area contributed by atoms with E-state index in [2.05, 4.69) is 16.0 Å². The van der Waals surface area contributed by atoms with Gasteiger partial charge in [-0.2, -0.15) is 0 Å². The molecule has 0 fully saturated rings. The number of amides is 3. The molecule has 1 heterocycles. The second-order valence-electron chi connectivity index (χ2n) is 5.92. The van der Waals surface area contributed by atoms with E-state index in [1.54, 1.807) is 30.3 Å². The molecule has 7 nitrogen and oxygen atoms in total. The minimum absolute atomic E-state index is 0.113. The van der Waals surface area contributed by atoms with Crippen molar-refractivity contribution in [1.29, 1.82) is 0 Å². The van der Waals surface area contributed by atoms with Gasteiger partial charge in [0.25, 0.3) is 5.91 Å². The predicted octanol–water partition coefficient (Wildman–Crippen LogP) is 2.63. The highest BCUT2D eigenvalue weighted by molar-refractivity contribution is 6.00. The summed E-state index contributed by atoms with van der Waals surface area (Å²) in [6.45, 7) is 5.10. The van der Waals surface area contributed by atoms with Crippen LogP contribution in [0.25, 0.3) is 0 Å². The van der Waals surface area contributed by atoms with Crippen molar-refractivity contribution < 1.29 is 18.8 Å². The minimum atomic E-state index is -0.715. The Morgan fingerprint density at radius 2 is 1.56 bits per heavy atom. The first-order valence-electron chi connectivity index (χ1n) is 7.89. The van der Waals surface area contributed by atoms with Crippen LogP contribution in [0.5, 0.6) is 0 Å². The van der Waals surface area contributed by atoms with Gasteiger partial charge in [0.2, 0.25) is 11.8 Å². The molecule has 0 aliphatic heterocycles. The maximum atomic E-state index is 12.5. The van der Waals surface area contributed by atoms with E-state index in [-0.39, 0.29) is 23.5 Å². The first kappa shape index (κ1) is 18.3. The average molecular weight is 343 g/mol. The predicted molar refractivity (Wildman–Crippen MR) is 94.2 cm³/mol. The molecule has 0 unspecified atom stereocenters. The topological polar surface area (TPSA) is 100 Å². The Bertz CT molecular complexity index is 736. The van der Waals surface area contributed by atoms with Crippen molar-refractivity contribution in [1.82, 2.24) is 5.32 Å². The van der Waals surface area contributed by atoms with Gasteiger partial charge in [-0.05, 0) is 42.3 Å². The van der Waals surface area contributed by atoms with Crippen molar-refractivity contribution in [3.8, 4) is 0 Å². The fourth-order valence-corrected chi connectivity index (χ4v) is 2.22. The maximum absolute atomic E-state index is 12.5. The quantitative estimate of drug-likeness (QED) is 0.750. The van der Waals surface area contributed by atoms with Crippen LogP contribution in [0.15, 0.2) is 47.1 Å². The van der Waals surface area contributed by atoms with Crippen molar-refractivity contribution in [2.45, 2.75) is 26.8 Å². The van der Waals surface area contributed by atoms with Gasteiger partial charge < -0.3 is 20.4 Å². The van der Waals surface area contributed by atoms with E-state index < -0.39 is 11.9 Å². The van der Waals surface area contributed by atoms with E-state index in [0.717, 1.165) is 0 Å². The number of carbonyl (C=O) groups is 3. The van der Waals surface area contributed by atoms with E-state index in [9.17, 15) is 14.4 Å². The van der Waals surface area contributed by atoms with Crippen molar-refractivity contribution >= 4 is 29.1 Å². The Morgan fingerprint density at radius 3 is 2.04 bits per heavy atom. The lowest BCUT2D eigenvalue weighted by Gasteiger charge is -2.21. The maximum Gasteiger partial charge on any atom is 0.287 e. The largest absolute Gasteiger partial charge is 0.459 e. The Labute approximate surface area is 145 Å². The molecule has 1 aromatic heterocycles. The summed E-state index contributed by atoms with van der Waals surface area (Å²) in [7, 11) is 0. The number of carbonyl (C=O) groups excluding carboxylic acids is 3. The third-order valence-electron chi connectivity index (χ3n) is 3.45. The van der Waals surface area contributed by atoms with E-state index >= 15 is 0 Å². The molecule has 0 radical (unpaired) electrons. The summed E-state index contributed by atoms with van der Waals surface area (Å²) in [6, 6.07) is 9.14. The number of rotatable bonds is 6. The molecule has 0 bridgehead atoms. The third-order valence-corrected chi connectivity index (χ3v) is 3.45. The molecule has 1 atom stereocenters. The first-order valence-corrected chi connectivity index (χ1v) is 7.89. The van der Waals surface area contributed by atoms with Gasteiger partial charge in [0.1, 0.15) is 6.04 Å². The molecule has 2 rings (SSSR count). The molecule has 3 amide bonds. The van der Waals surface area contributed by atoms with Gasteiger partial charge in [-0.15, -0.1) is 0 Å². The number of benzene rings is 1. The van der Waals surface area contributed by atoms with Gasteiger partial charge in [-0.1, -0.05) is 13.8 Å². The van der Waals surface area contributed by atoms with Crippen LogP contribution in [0, 0.1) is 5.92 Å². The summed E-state index contributed by atoms with van der Waals surface area (Å²) < 4.78 is 5.04. The molecular weight excluding hydrogens is 322 g/mol. The van der Waals surface area contributed by atoms with Crippen LogP contribution in [0.3, 0.4) is 0 Å². The monoisotopic (exact) mass is 343 g/mol. The fourth-order valence-electron chi connectivity index (χ4n) is 2.22. The van der Waals surface area contributed by atoms with Gasteiger partial charge >= 0.3 is 0 Å². The molecule has 3 N–H and O–H groups in total. The van der Waals surface area contributed by atoms with Gasteiger partial charge in [-0.25, -0.2) is 0 Å². The molecule has 0 saturated carbocycles. The first-order chi connectivity index (χ1) is 11.9. The molecule has 25 heavy (non-hydrogen) atoms. The average Bonchev–Trinajstić information content (AvgIpc) is 3.08. The molecule has 2 aromatic rings. The summed E-state index contributed by atoms with van der Waals surface area (Å²) in [4.78, 5) is 35.6. The Balaban J connectivity index is 2.02. The van der Waals surface area contributed by atoms with E-state index in [4.69, 9.17) is 4.42 Å². The Morgan fingerprint density at radius 1 is 0.960 bits per heavy atom. The molecule has 0 aliphatic rings. The van der Waals surface area contributed by atoms with Crippen LogP contribution in [0.4, 0.5) is 11.4 Å². The van der Waals surface area contributed by atoms with Crippen LogP contribution in [0.1, 0.15) is 31.3 Å². The van der Waals surface area contributed by atoms with Crippen molar-refractivity contribution in [3.63, 3.8) is 0 Å². The SMILES string of the molecule is CC(=O)Nc1ccc(NC(=O)[C@H](NC(=O)c2ccco2)C(C)C)cc1. The molecule has 132 valence electrons. The molecular formula is C18H21N3O4. The second-order valence-corrected chi connectivity index (χ2v) is 5.92. The van der Waals surface area contributed by atoms with Crippen LogP contribution in [0.2, 0.25) is 0 Å². The van der Waals surface area contributed by atoms with E-state index in [0.29, 0.717) is 11.4 Å². The van der Waals surface area contributed by atoms with Crippen molar-refractivity contribution in [2.24, 2.45) is 5.92 Å². The van der Waals surface area contributed by atoms with Gasteiger partial charge in [0, 0.05) is 18.3 Å². The second kappa shape index (κ2) is 8.14.